The van der Waals surface area contributed by atoms with Crippen molar-refractivity contribution >= 4 is 17.4 Å². The van der Waals surface area contributed by atoms with E-state index in [1.54, 1.807) is 43.4 Å². The number of ketones is 1. The van der Waals surface area contributed by atoms with Crippen molar-refractivity contribution in [2.45, 2.75) is 12.0 Å². The molecule has 1 atom stereocenters. The van der Waals surface area contributed by atoms with Gasteiger partial charge in [-0.2, -0.15) is 0 Å². The molecule has 5 heteroatoms. The van der Waals surface area contributed by atoms with Crippen LogP contribution in [0.15, 0.2) is 48.5 Å². The number of hydrogen-bond acceptors (Lipinski definition) is 4. The number of benzene rings is 2. The summed E-state index contributed by atoms with van der Waals surface area (Å²) in [5.41, 5.74) is -0.813. The first kappa shape index (κ1) is 14.3. The van der Waals surface area contributed by atoms with Gasteiger partial charge in [0.15, 0.2) is 11.4 Å². The normalized spacial score (nSPS) is 20.1. The highest BCUT2D eigenvalue weighted by Gasteiger charge is 2.49. The topological polar surface area (TPSA) is 77.8 Å². The Morgan fingerprint density at radius 3 is 2.50 bits per heavy atom. The standard InChI is InChI=1S/C17H15NO4/c1-18-13-8-4-3-7-12(13)17(22,16(18)21)10-15(20)11-6-2-5-9-14(11)19/h2-9,19,22H,10H2,1H3/t17-/m1/s1. The first-order chi connectivity index (χ1) is 10.4. The minimum absolute atomic E-state index is 0.0933. The van der Waals surface area contributed by atoms with Crippen molar-refractivity contribution < 1.29 is 19.8 Å². The van der Waals surface area contributed by atoms with E-state index >= 15 is 0 Å². The molecule has 1 aliphatic heterocycles. The van der Waals surface area contributed by atoms with Crippen LogP contribution in [0.1, 0.15) is 22.3 Å². The number of fused-ring (bicyclic) bond motifs is 1. The van der Waals surface area contributed by atoms with Crippen molar-refractivity contribution in [2.24, 2.45) is 0 Å². The predicted molar refractivity (Wildman–Crippen MR) is 80.8 cm³/mol. The number of rotatable bonds is 3. The molecule has 2 aromatic carbocycles. The van der Waals surface area contributed by atoms with Gasteiger partial charge in [0.2, 0.25) is 0 Å². The third kappa shape index (κ3) is 1.98. The smallest absolute Gasteiger partial charge is 0.263 e. The zero-order valence-corrected chi connectivity index (χ0v) is 12.0. The Morgan fingerprint density at radius 2 is 1.77 bits per heavy atom. The van der Waals surface area contributed by atoms with Gasteiger partial charge < -0.3 is 15.1 Å². The van der Waals surface area contributed by atoms with Gasteiger partial charge in [-0.05, 0) is 18.2 Å². The van der Waals surface area contributed by atoms with Gasteiger partial charge in [-0.25, -0.2) is 0 Å². The molecule has 0 radical (unpaired) electrons. The number of carbonyl (C=O) groups excluding carboxylic acids is 2. The van der Waals surface area contributed by atoms with E-state index in [0.717, 1.165) is 0 Å². The summed E-state index contributed by atoms with van der Waals surface area (Å²) in [4.78, 5) is 26.1. The van der Waals surface area contributed by atoms with E-state index in [0.29, 0.717) is 11.3 Å². The second kappa shape index (κ2) is 4.96. The largest absolute Gasteiger partial charge is 0.507 e. The molecule has 1 aliphatic rings. The van der Waals surface area contributed by atoms with E-state index in [1.165, 1.54) is 17.0 Å². The molecule has 0 bridgehead atoms. The lowest BCUT2D eigenvalue weighted by Crippen LogP contribution is -2.40. The van der Waals surface area contributed by atoms with E-state index in [2.05, 4.69) is 0 Å². The second-order valence-corrected chi connectivity index (χ2v) is 5.36. The number of likely N-dealkylation sites (N-methyl/N-ethyl adjacent to an activating group) is 1. The Labute approximate surface area is 127 Å². The van der Waals surface area contributed by atoms with Crippen LogP contribution in [0.3, 0.4) is 0 Å². The van der Waals surface area contributed by atoms with Crippen molar-refractivity contribution in [2.75, 3.05) is 11.9 Å². The van der Waals surface area contributed by atoms with Crippen molar-refractivity contribution in [1.29, 1.82) is 0 Å². The highest BCUT2D eigenvalue weighted by Crippen LogP contribution is 2.42. The maximum Gasteiger partial charge on any atom is 0.263 e. The number of anilines is 1. The Hall–Kier alpha value is -2.66. The number of phenols is 1. The van der Waals surface area contributed by atoms with Crippen molar-refractivity contribution in [3.05, 3.63) is 59.7 Å². The number of phenolic OH excluding ortho intramolecular Hbond substituents is 1. The summed E-state index contributed by atoms with van der Waals surface area (Å²) in [5.74, 6) is -1.19. The minimum Gasteiger partial charge on any atom is -0.507 e. The van der Waals surface area contributed by atoms with Crippen LogP contribution in [-0.4, -0.2) is 29.0 Å². The molecule has 5 nitrogen and oxygen atoms in total. The molecule has 0 saturated carbocycles. The molecule has 2 aromatic rings. The Morgan fingerprint density at radius 1 is 1.14 bits per heavy atom. The molecule has 1 amide bonds. The Balaban J connectivity index is 2.00. The zero-order chi connectivity index (χ0) is 15.9. The number of amides is 1. The Bertz CT molecular complexity index is 771. The number of aliphatic hydroxyl groups is 1. The SMILES string of the molecule is CN1C(=O)[C@@](O)(CC(=O)c2ccccc2O)c2ccccc21. The van der Waals surface area contributed by atoms with Crippen molar-refractivity contribution in [3.8, 4) is 5.75 Å². The summed E-state index contributed by atoms with van der Waals surface area (Å²) in [6.07, 6.45) is -0.412. The van der Waals surface area contributed by atoms with E-state index < -0.39 is 23.7 Å². The Kier molecular flexibility index (Phi) is 3.22. The van der Waals surface area contributed by atoms with Crippen molar-refractivity contribution in [3.63, 3.8) is 0 Å². The van der Waals surface area contributed by atoms with Gasteiger partial charge in [0.1, 0.15) is 5.75 Å². The van der Waals surface area contributed by atoms with Crippen LogP contribution in [-0.2, 0) is 10.4 Å². The number of hydrogen-bond donors (Lipinski definition) is 2. The molecule has 0 saturated heterocycles. The molecule has 0 aromatic heterocycles. The average molecular weight is 297 g/mol. The monoisotopic (exact) mass is 297 g/mol. The maximum atomic E-state index is 12.4. The number of para-hydroxylation sites is 2. The fraction of sp³-hybridized carbons (Fsp3) is 0.176. The highest BCUT2D eigenvalue weighted by atomic mass is 16.3. The minimum atomic E-state index is -1.90. The number of Topliss-reactive ketones (excluding diaryl/α,β-unsaturated/α-hetero) is 1. The third-order valence-corrected chi connectivity index (χ3v) is 3.99. The van der Waals surface area contributed by atoms with Gasteiger partial charge in [0, 0.05) is 12.6 Å². The van der Waals surface area contributed by atoms with Crippen LogP contribution in [0.4, 0.5) is 5.69 Å². The second-order valence-electron chi connectivity index (χ2n) is 5.36. The van der Waals surface area contributed by atoms with Gasteiger partial charge in [-0.3, -0.25) is 9.59 Å². The third-order valence-electron chi connectivity index (χ3n) is 3.99. The first-order valence-corrected chi connectivity index (χ1v) is 6.86. The number of carbonyl (C=O) groups is 2. The highest BCUT2D eigenvalue weighted by molar-refractivity contribution is 6.10. The summed E-state index contributed by atoms with van der Waals surface area (Å²) in [6.45, 7) is 0. The molecule has 22 heavy (non-hydrogen) atoms. The van der Waals surface area contributed by atoms with Gasteiger partial charge in [-0.15, -0.1) is 0 Å². The van der Waals surface area contributed by atoms with Crippen LogP contribution in [0.25, 0.3) is 0 Å². The van der Waals surface area contributed by atoms with Crippen LogP contribution in [0, 0.1) is 0 Å². The lowest BCUT2D eigenvalue weighted by atomic mass is 9.88. The first-order valence-electron chi connectivity index (χ1n) is 6.86. The maximum absolute atomic E-state index is 12.4. The summed E-state index contributed by atoms with van der Waals surface area (Å²) >= 11 is 0. The zero-order valence-electron chi connectivity index (χ0n) is 12.0. The number of aromatic hydroxyl groups is 1. The molecule has 0 fully saturated rings. The summed E-state index contributed by atoms with van der Waals surface area (Å²) in [6, 6.07) is 12.9. The van der Waals surface area contributed by atoms with Crippen LogP contribution < -0.4 is 4.90 Å². The van der Waals surface area contributed by atoms with Crippen molar-refractivity contribution in [1.82, 2.24) is 0 Å². The number of nitrogens with zero attached hydrogens (tertiary/aromatic N) is 1. The van der Waals surface area contributed by atoms with E-state index in [-0.39, 0.29) is 11.3 Å². The average Bonchev–Trinajstić information content (AvgIpc) is 2.70. The van der Waals surface area contributed by atoms with Gasteiger partial charge in [-0.1, -0.05) is 30.3 Å². The molecule has 2 N–H and O–H groups in total. The summed E-state index contributed by atoms with van der Waals surface area (Å²) in [7, 11) is 1.56. The van der Waals surface area contributed by atoms with Gasteiger partial charge in [0.25, 0.3) is 5.91 Å². The quantitative estimate of drug-likeness (QED) is 0.847. The molecule has 0 unspecified atom stereocenters. The van der Waals surface area contributed by atoms with Crippen LogP contribution >= 0.6 is 0 Å². The lowest BCUT2D eigenvalue weighted by Gasteiger charge is -2.21. The summed E-state index contributed by atoms with van der Waals surface area (Å²) < 4.78 is 0. The molecule has 1 heterocycles. The van der Waals surface area contributed by atoms with Crippen LogP contribution in [0.5, 0.6) is 5.75 Å². The predicted octanol–water partition coefficient (Wildman–Crippen LogP) is 1.83. The fourth-order valence-electron chi connectivity index (χ4n) is 2.83. The molecular formula is C17H15NO4. The fourth-order valence-corrected chi connectivity index (χ4v) is 2.83. The molecule has 3 rings (SSSR count). The van der Waals surface area contributed by atoms with E-state index in [1.807, 2.05) is 0 Å². The molecule has 0 spiro atoms. The van der Waals surface area contributed by atoms with E-state index in [9.17, 15) is 19.8 Å². The van der Waals surface area contributed by atoms with Crippen LogP contribution in [0.2, 0.25) is 0 Å². The van der Waals surface area contributed by atoms with E-state index in [4.69, 9.17) is 0 Å². The summed E-state index contributed by atoms with van der Waals surface area (Å²) in [5, 5.41) is 20.6. The van der Waals surface area contributed by atoms with Gasteiger partial charge in [0.05, 0.1) is 17.7 Å². The van der Waals surface area contributed by atoms with Gasteiger partial charge >= 0.3 is 0 Å². The molecular weight excluding hydrogens is 282 g/mol. The molecule has 0 aliphatic carbocycles. The molecule has 112 valence electrons. The lowest BCUT2D eigenvalue weighted by molar-refractivity contribution is -0.135.